The molecule has 1 atom stereocenters. The molecule has 1 heterocycles. The summed E-state index contributed by atoms with van der Waals surface area (Å²) in [5.41, 5.74) is 2.94. The van der Waals surface area contributed by atoms with Gasteiger partial charge in [0.2, 0.25) is 11.8 Å². The van der Waals surface area contributed by atoms with Gasteiger partial charge in [-0.25, -0.2) is 0 Å². The number of amides is 2. The Bertz CT molecular complexity index is 643. The van der Waals surface area contributed by atoms with Crippen molar-refractivity contribution in [3.63, 3.8) is 0 Å². The Hall–Kier alpha value is -1.84. The zero-order valence-corrected chi connectivity index (χ0v) is 15.8. The molecule has 0 unspecified atom stereocenters. The summed E-state index contributed by atoms with van der Waals surface area (Å²) in [5.74, 6) is 0.755. The maximum Gasteiger partial charge on any atom is 0.223 e. The van der Waals surface area contributed by atoms with Crippen LogP contribution in [0.4, 0.5) is 0 Å². The maximum atomic E-state index is 12.7. The summed E-state index contributed by atoms with van der Waals surface area (Å²) in [5, 5.41) is 0. The largest absolute Gasteiger partial charge is 0.343 e. The number of likely N-dealkylation sites (tertiary alicyclic amines) is 1. The van der Waals surface area contributed by atoms with Gasteiger partial charge >= 0.3 is 0 Å². The minimum Gasteiger partial charge on any atom is -0.343 e. The Labute approximate surface area is 151 Å². The van der Waals surface area contributed by atoms with Crippen LogP contribution >= 0.6 is 0 Å². The van der Waals surface area contributed by atoms with Crippen LogP contribution in [0.15, 0.2) is 24.3 Å². The van der Waals surface area contributed by atoms with Gasteiger partial charge in [0.15, 0.2) is 0 Å². The Morgan fingerprint density at radius 1 is 1.16 bits per heavy atom. The molecule has 2 aliphatic rings. The van der Waals surface area contributed by atoms with Crippen LogP contribution in [-0.2, 0) is 15.0 Å². The van der Waals surface area contributed by atoms with Crippen molar-refractivity contribution >= 4 is 11.8 Å². The van der Waals surface area contributed by atoms with E-state index in [4.69, 9.17) is 0 Å². The molecular formula is C21H30N2O2. The second-order valence-corrected chi connectivity index (χ2v) is 7.54. The van der Waals surface area contributed by atoms with E-state index in [0.717, 1.165) is 45.4 Å². The lowest BCUT2D eigenvalue weighted by molar-refractivity contribution is -0.131. The molecule has 1 aliphatic carbocycles. The van der Waals surface area contributed by atoms with Gasteiger partial charge in [0.05, 0.1) is 0 Å². The van der Waals surface area contributed by atoms with Gasteiger partial charge in [-0.05, 0) is 55.6 Å². The number of carbonyl (C=O) groups is 2. The molecule has 1 aliphatic heterocycles. The lowest BCUT2D eigenvalue weighted by Crippen LogP contribution is -2.43. The number of carbonyl (C=O) groups excluding carboxylic acids is 2. The van der Waals surface area contributed by atoms with Crippen molar-refractivity contribution < 1.29 is 9.59 Å². The highest BCUT2D eigenvalue weighted by atomic mass is 16.2. The highest BCUT2D eigenvalue weighted by Gasteiger charge is 2.46. The number of hydrogen-bond donors (Lipinski definition) is 0. The van der Waals surface area contributed by atoms with E-state index in [9.17, 15) is 9.59 Å². The first kappa shape index (κ1) is 18.0. The quantitative estimate of drug-likeness (QED) is 0.842. The summed E-state index contributed by atoms with van der Waals surface area (Å²) >= 11 is 0. The Morgan fingerprint density at radius 3 is 2.40 bits per heavy atom. The Balaban J connectivity index is 1.81. The van der Waals surface area contributed by atoms with Crippen LogP contribution in [0.5, 0.6) is 0 Å². The van der Waals surface area contributed by atoms with Gasteiger partial charge in [-0.1, -0.05) is 24.3 Å². The van der Waals surface area contributed by atoms with Crippen molar-refractivity contribution in [3.05, 3.63) is 35.4 Å². The van der Waals surface area contributed by atoms with Gasteiger partial charge in [-0.3, -0.25) is 9.59 Å². The second kappa shape index (κ2) is 7.19. The number of hydrogen-bond acceptors (Lipinski definition) is 2. The van der Waals surface area contributed by atoms with Crippen molar-refractivity contribution in [1.29, 1.82) is 0 Å². The summed E-state index contributed by atoms with van der Waals surface area (Å²) in [4.78, 5) is 28.2. The first-order valence-corrected chi connectivity index (χ1v) is 9.63. The second-order valence-electron chi connectivity index (χ2n) is 7.54. The van der Waals surface area contributed by atoms with Gasteiger partial charge in [0, 0.05) is 39.5 Å². The molecule has 0 N–H and O–H groups in total. The van der Waals surface area contributed by atoms with E-state index in [2.05, 4.69) is 24.3 Å². The number of piperidine rings is 1. The molecule has 0 bridgehead atoms. The standard InChI is InChI=1S/C21H30N2O2/c1-4-22(5-2)20(25)14-17-15-21(19-9-7-6-8-18(17)19)10-12-23(13-11-21)16(3)24/h6-9,17H,4-5,10-15H2,1-3H3/t17-/m1/s1. The summed E-state index contributed by atoms with van der Waals surface area (Å²) in [6.07, 6.45) is 3.68. The van der Waals surface area contributed by atoms with E-state index in [1.54, 1.807) is 6.92 Å². The summed E-state index contributed by atoms with van der Waals surface area (Å²) < 4.78 is 0. The zero-order chi connectivity index (χ0) is 18.0. The predicted molar refractivity (Wildman–Crippen MR) is 99.5 cm³/mol. The Kier molecular flexibility index (Phi) is 5.16. The van der Waals surface area contributed by atoms with Crippen molar-refractivity contribution in [2.75, 3.05) is 26.2 Å². The van der Waals surface area contributed by atoms with E-state index in [1.165, 1.54) is 11.1 Å². The number of benzene rings is 1. The fourth-order valence-electron chi connectivity index (χ4n) is 4.85. The SMILES string of the molecule is CCN(CC)C(=O)C[C@@H]1CC2(CCN(C(C)=O)CC2)c2ccccc21. The minimum absolute atomic E-state index is 0.150. The third kappa shape index (κ3) is 3.31. The van der Waals surface area contributed by atoms with Crippen molar-refractivity contribution in [2.24, 2.45) is 0 Å². The molecule has 4 heteroatoms. The molecule has 3 rings (SSSR count). The number of nitrogens with zero attached hydrogens (tertiary/aromatic N) is 2. The average molecular weight is 342 g/mol. The number of fused-ring (bicyclic) bond motifs is 2. The third-order valence-corrected chi connectivity index (χ3v) is 6.31. The summed E-state index contributed by atoms with van der Waals surface area (Å²) in [6, 6.07) is 8.67. The zero-order valence-electron chi connectivity index (χ0n) is 15.8. The van der Waals surface area contributed by atoms with Crippen molar-refractivity contribution in [2.45, 2.75) is 57.8 Å². The molecule has 2 amide bonds. The summed E-state index contributed by atoms with van der Waals surface area (Å²) in [6.45, 7) is 8.98. The topological polar surface area (TPSA) is 40.6 Å². The maximum absolute atomic E-state index is 12.7. The fourth-order valence-corrected chi connectivity index (χ4v) is 4.85. The highest BCUT2D eigenvalue weighted by molar-refractivity contribution is 5.77. The predicted octanol–water partition coefficient (Wildman–Crippen LogP) is 3.31. The van der Waals surface area contributed by atoms with Gasteiger partial charge < -0.3 is 9.80 Å². The van der Waals surface area contributed by atoms with Crippen LogP contribution < -0.4 is 0 Å². The van der Waals surface area contributed by atoms with Crippen LogP contribution in [0.25, 0.3) is 0 Å². The van der Waals surface area contributed by atoms with Crippen LogP contribution in [-0.4, -0.2) is 47.8 Å². The first-order chi connectivity index (χ1) is 12.0. The third-order valence-electron chi connectivity index (χ3n) is 6.31. The number of rotatable bonds is 4. The lowest BCUT2D eigenvalue weighted by atomic mass is 9.73. The first-order valence-electron chi connectivity index (χ1n) is 9.63. The molecule has 0 radical (unpaired) electrons. The monoisotopic (exact) mass is 342 g/mol. The van der Waals surface area contributed by atoms with E-state index in [0.29, 0.717) is 12.3 Å². The molecule has 4 nitrogen and oxygen atoms in total. The van der Waals surface area contributed by atoms with E-state index < -0.39 is 0 Å². The van der Waals surface area contributed by atoms with Crippen LogP contribution in [0.3, 0.4) is 0 Å². The highest BCUT2D eigenvalue weighted by Crippen LogP contribution is 2.52. The molecule has 1 aromatic rings. The minimum atomic E-state index is 0.150. The summed E-state index contributed by atoms with van der Waals surface area (Å²) in [7, 11) is 0. The molecule has 136 valence electrons. The smallest absolute Gasteiger partial charge is 0.223 e. The van der Waals surface area contributed by atoms with Crippen molar-refractivity contribution in [3.8, 4) is 0 Å². The van der Waals surface area contributed by atoms with Crippen LogP contribution in [0.1, 0.15) is 63.5 Å². The van der Waals surface area contributed by atoms with Crippen molar-refractivity contribution in [1.82, 2.24) is 9.80 Å². The lowest BCUT2D eigenvalue weighted by Gasteiger charge is -2.40. The van der Waals surface area contributed by atoms with Crippen LogP contribution in [0, 0.1) is 0 Å². The molecule has 0 aromatic heterocycles. The van der Waals surface area contributed by atoms with Gasteiger partial charge in [0.25, 0.3) is 0 Å². The van der Waals surface area contributed by atoms with Gasteiger partial charge in [-0.15, -0.1) is 0 Å². The molecule has 0 saturated carbocycles. The van der Waals surface area contributed by atoms with E-state index in [-0.39, 0.29) is 17.2 Å². The molecule has 1 aromatic carbocycles. The van der Waals surface area contributed by atoms with E-state index in [1.807, 2.05) is 23.6 Å². The van der Waals surface area contributed by atoms with Crippen LogP contribution in [0.2, 0.25) is 0 Å². The van der Waals surface area contributed by atoms with Gasteiger partial charge in [0.1, 0.15) is 0 Å². The van der Waals surface area contributed by atoms with E-state index >= 15 is 0 Å². The molecular weight excluding hydrogens is 312 g/mol. The normalized spacial score (nSPS) is 21.2. The average Bonchev–Trinajstić information content (AvgIpc) is 2.90. The molecule has 1 spiro atoms. The van der Waals surface area contributed by atoms with Gasteiger partial charge in [-0.2, -0.15) is 0 Å². The molecule has 1 fully saturated rings. The molecule has 25 heavy (non-hydrogen) atoms. The molecule has 1 saturated heterocycles. The fraction of sp³-hybridized carbons (Fsp3) is 0.619. The Morgan fingerprint density at radius 2 is 1.80 bits per heavy atom.